The number of carbonyl (C=O) groups excluding carboxylic acids is 2. The summed E-state index contributed by atoms with van der Waals surface area (Å²) in [7, 11) is 0. The summed E-state index contributed by atoms with van der Waals surface area (Å²) in [4.78, 5) is 25.7. The van der Waals surface area contributed by atoms with Crippen LogP contribution in [0.1, 0.15) is 31.2 Å². The molecule has 140 valence electrons. The summed E-state index contributed by atoms with van der Waals surface area (Å²) >= 11 is 3.11. The van der Waals surface area contributed by atoms with Crippen LogP contribution in [0.3, 0.4) is 0 Å². The quantitative estimate of drug-likeness (QED) is 0.313. The molecule has 0 bridgehead atoms. The third-order valence-electron chi connectivity index (χ3n) is 5.65. The maximum Gasteiger partial charge on any atom is 1.00 e. The minimum atomic E-state index is -1.28. The van der Waals surface area contributed by atoms with E-state index in [2.05, 4.69) is 10.2 Å². The Bertz CT molecular complexity index is 797. The van der Waals surface area contributed by atoms with Crippen LogP contribution in [0.5, 0.6) is 0 Å². The van der Waals surface area contributed by atoms with Crippen molar-refractivity contribution in [1.29, 1.82) is 0 Å². The van der Waals surface area contributed by atoms with Crippen LogP contribution in [0.15, 0.2) is 15.6 Å². The number of thioether (sulfide) groups is 1. The second-order valence-corrected chi connectivity index (χ2v) is 9.64. The van der Waals surface area contributed by atoms with Crippen molar-refractivity contribution >= 4 is 35.0 Å². The number of hydrogen-bond acceptors (Lipinski definition) is 8. The molecule has 0 aromatic carbocycles. The molecule has 0 radical (unpaired) electrons. The van der Waals surface area contributed by atoms with Gasteiger partial charge in [0.1, 0.15) is 5.01 Å². The molecular weight excluding hydrogens is 413 g/mol. The van der Waals surface area contributed by atoms with Crippen LogP contribution >= 0.6 is 23.1 Å². The Kier molecular flexibility index (Phi) is 6.90. The summed E-state index contributed by atoms with van der Waals surface area (Å²) in [5, 5.41) is 30.9. The van der Waals surface area contributed by atoms with Gasteiger partial charge in [-0.15, -0.1) is 10.2 Å². The molecule has 10 heteroatoms. The number of carboxylic acid groups (broad SMARTS) is 1. The first kappa shape index (κ1) is 21.9. The molecule has 1 saturated heterocycles. The van der Waals surface area contributed by atoms with Crippen molar-refractivity contribution in [2.24, 2.45) is 17.8 Å². The summed E-state index contributed by atoms with van der Waals surface area (Å²) < 4.78 is 0.874. The van der Waals surface area contributed by atoms with Gasteiger partial charge in [-0.25, -0.2) is 0 Å². The summed E-state index contributed by atoms with van der Waals surface area (Å²) in [6, 6.07) is -0.234. The SMILES string of the molecule is Cc1nnc(SC[C@H]2CCC[C@H]3C2=C(C(=O)[O-])N2C(=O)[C@H]([C@@H](C)O)[C@@H]32)s1.[K+]. The third-order valence-corrected chi connectivity index (χ3v) is 7.79. The maximum absolute atomic E-state index is 12.5. The number of carboxylic acids is 1. The molecule has 5 atom stereocenters. The summed E-state index contributed by atoms with van der Waals surface area (Å²) in [6.07, 6.45) is 1.95. The van der Waals surface area contributed by atoms with Crippen molar-refractivity contribution in [2.45, 2.75) is 49.6 Å². The first-order chi connectivity index (χ1) is 12.4. The van der Waals surface area contributed by atoms with E-state index >= 15 is 0 Å². The molecule has 4 rings (SSSR count). The molecule has 2 aliphatic heterocycles. The molecule has 27 heavy (non-hydrogen) atoms. The second-order valence-electron chi connectivity index (χ2n) is 7.19. The topological polar surface area (TPSA) is 106 Å². The molecule has 1 aromatic heterocycles. The Balaban J connectivity index is 0.00000210. The first-order valence-corrected chi connectivity index (χ1v) is 10.6. The van der Waals surface area contributed by atoms with Gasteiger partial charge in [0.2, 0.25) is 5.91 Å². The molecule has 2 fully saturated rings. The van der Waals surface area contributed by atoms with E-state index in [0.717, 1.165) is 34.2 Å². The van der Waals surface area contributed by atoms with Crippen LogP contribution in [-0.2, 0) is 9.59 Å². The number of β-lactam (4-membered cyclic amide) rings is 1. The number of aromatic nitrogens is 2. The van der Waals surface area contributed by atoms with Gasteiger partial charge in [-0.3, -0.25) is 4.79 Å². The molecule has 3 aliphatic rings. The zero-order valence-corrected chi connectivity index (χ0v) is 20.3. The van der Waals surface area contributed by atoms with Gasteiger partial charge in [-0.2, -0.15) is 0 Å². The number of aliphatic hydroxyl groups is 1. The van der Waals surface area contributed by atoms with E-state index < -0.39 is 18.0 Å². The molecule has 1 saturated carbocycles. The summed E-state index contributed by atoms with van der Waals surface area (Å²) in [6.45, 7) is 3.50. The standard InChI is InChI=1S/C17H21N3O4S2.K/c1-7(21)11-13-10-5-3-4-9(6-25-17-19-18-8(2)26-17)12(10)14(16(23)24)20(13)15(11)22;/h7,9-11,13,21H,3-6H2,1-2H3,(H,23,24);/q;+1/p-1/t7-,9-,10+,11-,13-;/m1./s1. The van der Waals surface area contributed by atoms with Crippen molar-refractivity contribution in [3.63, 3.8) is 0 Å². The van der Waals surface area contributed by atoms with E-state index in [0.29, 0.717) is 5.75 Å². The molecule has 0 spiro atoms. The number of aliphatic carboxylic acids is 1. The minimum Gasteiger partial charge on any atom is -0.543 e. The fraction of sp³-hybridized carbons (Fsp3) is 0.647. The zero-order chi connectivity index (χ0) is 18.6. The van der Waals surface area contributed by atoms with Gasteiger partial charge in [0.15, 0.2) is 4.34 Å². The van der Waals surface area contributed by atoms with Crippen LogP contribution in [-0.4, -0.2) is 50.0 Å². The van der Waals surface area contributed by atoms with Crippen LogP contribution < -0.4 is 56.5 Å². The smallest absolute Gasteiger partial charge is 0.543 e. The van der Waals surface area contributed by atoms with Gasteiger partial charge < -0.3 is 19.9 Å². The van der Waals surface area contributed by atoms with E-state index in [-0.39, 0.29) is 80.9 Å². The molecule has 0 unspecified atom stereocenters. The zero-order valence-electron chi connectivity index (χ0n) is 15.5. The fourth-order valence-electron chi connectivity index (χ4n) is 4.67. The minimum absolute atomic E-state index is 0. The van der Waals surface area contributed by atoms with Gasteiger partial charge >= 0.3 is 51.4 Å². The van der Waals surface area contributed by atoms with Gasteiger partial charge in [-0.1, -0.05) is 29.5 Å². The predicted octanol–water partition coefficient (Wildman–Crippen LogP) is -2.42. The summed E-state index contributed by atoms with van der Waals surface area (Å²) in [5.41, 5.74) is 0.895. The number of nitrogens with zero attached hydrogens (tertiary/aromatic N) is 3. The molecular formula is C17H20KN3O4S2. The van der Waals surface area contributed by atoms with Crippen LogP contribution in [0.25, 0.3) is 0 Å². The molecule has 3 heterocycles. The van der Waals surface area contributed by atoms with E-state index in [1.807, 2.05) is 6.92 Å². The van der Waals surface area contributed by atoms with E-state index in [1.54, 1.807) is 18.7 Å². The predicted molar refractivity (Wildman–Crippen MR) is 94.0 cm³/mol. The Labute approximate surface area is 208 Å². The van der Waals surface area contributed by atoms with E-state index in [1.165, 1.54) is 16.2 Å². The van der Waals surface area contributed by atoms with E-state index in [9.17, 15) is 19.8 Å². The van der Waals surface area contributed by atoms with Gasteiger partial charge in [0.05, 0.1) is 29.7 Å². The van der Waals surface area contributed by atoms with Crippen molar-refractivity contribution in [3.05, 3.63) is 16.3 Å². The number of aliphatic hydroxyl groups excluding tert-OH is 1. The number of hydrogen-bond donors (Lipinski definition) is 1. The van der Waals surface area contributed by atoms with E-state index in [4.69, 9.17) is 0 Å². The van der Waals surface area contributed by atoms with Crippen LogP contribution in [0.2, 0.25) is 0 Å². The molecule has 1 amide bonds. The average molecular weight is 434 g/mol. The second kappa shape index (κ2) is 8.51. The number of amides is 1. The average Bonchev–Trinajstić information content (AvgIpc) is 3.12. The maximum atomic E-state index is 12.5. The fourth-order valence-corrected chi connectivity index (χ4v) is 6.68. The Morgan fingerprint density at radius 1 is 1.44 bits per heavy atom. The number of carbonyl (C=O) groups is 2. The Morgan fingerprint density at radius 2 is 2.19 bits per heavy atom. The molecule has 1 aromatic rings. The van der Waals surface area contributed by atoms with Crippen molar-refractivity contribution in [1.82, 2.24) is 15.1 Å². The number of fused-ring (bicyclic) bond motifs is 3. The molecule has 1 N–H and O–H groups in total. The Hall–Kier alpha value is 0.186. The number of aryl methyl sites for hydroxylation is 1. The van der Waals surface area contributed by atoms with Crippen LogP contribution in [0, 0.1) is 24.7 Å². The van der Waals surface area contributed by atoms with Crippen molar-refractivity contribution < 1.29 is 71.2 Å². The normalized spacial score (nSPS) is 30.3. The first-order valence-electron chi connectivity index (χ1n) is 8.79. The molecule has 7 nitrogen and oxygen atoms in total. The largest absolute Gasteiger partial charge is 1.00 e. The van der Waals surface area contributed by atoms with Gasteiger partial charge in [-0.05, 0) is 38.2 Å². The number of rotatable bonds is 5. The van der Waals surface area contributed by atoms with Gasteiger partial charge in [0, 0.05) is 11.7 Å². The Morgan fingerprint density at radius 3 is 2.78 bits per heavy atom. The van der Waals surface area contributed by atoms with Crippen LogP contribution in [0.4, 0.5) is 0 Å². The van der Waals surface area contributed by atoms with Crippen molar-refractivity contribution in [2.75, 3.05) is 5.75 Å². The van der Waals surface area contributed by atoms with Crippen molar-refractivity contribution in [3.8, 4) is 0 Å². The third kappa shape index (κ3) is 3.72. The summed E-state index contributed by atoms with van der Waals surface area (Å²) in [5.74, 6) is -1.29. The monoisotopic (exact) mass is 433 g/mol. The van der Waals surface area contributed by atoms with Gasteiger partial charge in [0.25, 0.3) is 0 Å². The molecule has 1 aliphatic carbocycles.